The molecule has 0 heterocycles. The van der Waals surface area contributed by atoms with Gasteiger partial charge in [-0.15, -0.1) is 0 Å². The Morgan fingerprint density at radius 1 is 1.17 bits per heavy atom. The van der Waals surface area contributed by atoms with Gasteiger partial charge in [0.15, 0.2) is 0 Å². The fraction of sp³-hybridized carbons (Fsp3) is 0.750. The quantitative estimate of drug-likeness (QED) is 0.516. The van der Waals surface area contributed by atoms with Crippen LogP contribution in [-0.4, -0.2) is 11.9 Å². The normalized spacial score (nSPS) is 8.17. The molecule has 0 unspecified atom stereocenters. The summed E-state index contributed by atoms with van der Waals surface area (Å²) in [6.45, 7) is 3.01. The molecule has 0 aliphatic heterocycles. The van der Waals surface area contributed by atoms with Crippen molar-refractivity contribution in [2.24, 2.45) is 0 Å². The van der Waals surface area contributed by atoms with E-state index in [1.807, 2.05) is 6.92 Å². The molecule has 0 spiro atoms. The molecule has 0 saturated heterocycles. The van der Waals surface area contributed by atoms with E-state index in [2.05, 4.69) is 0 Å². The summed E-state index contributed by atoms with van der Waals surface area (Å²) >= 11 is 0. The number of hydrogen-bond acceptors (Lipinski definition) is 4. The van der Waals surface area contributed by atoms with E-state index >= 15 is 0 Å². The summed E-state index contributed by atoms with van der Waals surface area (Å²) in [7, 11) is 0. The second kappa shape index (κ2) is 9.94. The molecule has 0 N–H and O–H groups in total. The van der Waals surface area contributed by atoms with Gasteiger partial charge in [-0.3, -0.25) is 0 Å². The minimum absolute atomic E-state index is 0.216. The molecule has 0 aliphatic rings. The van der Waals surface area contributed by atoms with Crippen molar-refractivity contribution in [3.05, 3.63) is 0 Å². The average molecular weight is 174 g/mol. The predicted octanol–water partition coefficient (Wildman–Crippen LogP) is -0.927. The van der Waals surface area contributed by atoms with Gasteiger partial charge in [-0.25, -0.2) is 0 Å². The van der Waals surface area contributed by atoms with Crippen LogP contribution in [0.2, 0.25) is 0 Å². The SMILES string of the molecule is CC(=O)[O-].CCCCCC(=O)[O-]. The summed E-state index contributed by atoms with van der Waals surface area (Å²) in [5.41, 5.74) is 0. The third kappa shape index (κ3) is 36.3. The summed E-state index contributed by atoms with van der Waals surface area (Å²) in [5, 5.41) is 18.7. The number of aliphatic carboxylic acids is 2. The van der Waals surface area contributed by atoms with E-state index in [-0.39, 0.29) is 6.42 Å². The van der Waals surface area contributed by atoms with E-state index in [1.165, 1.54) is 0 Å². The van der Waals surface area contributed by atoms with E-state index in [0.29, 0.717) is 0 Å². The minimum Gasteiger partial charge on any atom is -0.550 e. The van der Waals surface area contributed by atoms with Crippen molar-refractivity contribution in [3.8, 4) is 0 Å². The van der Waals surface area contributed by atoms with Crippen molar-refractivity contribution in [1.29, 1.82) is 0 Å². The molecule has 4 nitrogen and oxygen atoms in total. The van der Waals surface area contributed by atoms with Crippen LogP contribution in [0.25, 0.3) is 0 Å². The van der Waals surface area contributed by atoms with Gasteiger partial charge in [0.2, 0.25) is 0 Å². The molecule has 72 valence electrons. The summed E-state index contributed by atoms with van der Waals surface area (Å²) in [4.78, 5) is 18.7. The highest BCUT2D eigenvalue weighted by atomic mass is 16.4. The number of hydrogen-bond donors (Lipinski definition) is 0. The van der Waals surface area contributed by atoms with E-state index in [4.69, 9.17) is 9.90 Å². The first kappa shape index (κ1) is 13.5. The van der Waals surface area contributed by atoms with E-state index in [1.54, 1.807) is 0 Å². The number of carboxylic acids is 2. The fourth-order valence-electron chi connectivity index (χ4n) is 0.519. The molecular formula is C8H14O4-2. The highest BCUT2D eigenvalue weighted by molar-refractivity contribution is 5.64. The molecule has 0 aromatic carbocycles. The van der Waals surface area contributed by atoms with Crippen molar-refractivity contribution >= 4 is 11.9 Å². The Kier molecular flexibility index (Phi) is 11.2. The summed E-state index contributed by atoms with van der Waals surface area (Å²) in [6.07, 6.45) is 3.04. The van der Waals surface area contributed by atoms with Crippen LogP contribution in [-0.2, 0) is 9.59 Å². The van der Waals surface area contributed by atoms with Crippen LogP contribution in [0.5, 0.6) is 0 Å². The maximum Gasteiger partial charge on any atom is 0.0414 e. The van der Waals surface area contributed by atoms with E-state index in [0.717, 1.165) is 26.2 Å². The third-order valence-electron chi connectivity index (χ3n) is 0.984. The van der Waals surface area contributed by atoms with Gasteiger partial charge in [-0.1, -0.05) is 19.8 Å². The van der Waals surface area contributed by atoms with Crippen LogP contribution in [0.4, 0.5) is 0 Å². The van der Waals surface area contributed by atoms with Crippen LogP contribution >= 0.6 is 0 Å². The zero-order chi connectivity index (χ0) is 9.98. The van der Waals surface area contributed by atoms with Crippen molar-refractivity contribution in [2.45, 2.75) is 39.5 Å². The summed E-state index contributed by atoms with van der Waals surface area (Å²) in [6, 6.07) is 0. The van der Waals surface area contributed by atoms with Crippen LogP contribution in [0, 0.1) is 0 Å². The van der Waals surface area contributed by atoms with Gasteiger partial charge in [-0.2, -0.15) is 0 Å². The van der Waals surface area contributed by atoms with Crippen molar-refractivity contribution in [1.82, 2.24) is 0 Å². The van der Waals surface area contributed by atoms with E-state index in [9.17, 15) is 9.90 Å². The Morgan fingerprint density at radius 2 is 1.58 bits per heavy atom. The molecule has 0 radical (unpaired) electrons. The zero-order valence-corrected chi connectivity index (χ0v) is 7.46. The number of carbonyl (C=O) groups excluding carboxylic acids is 2. The van der Waals surface area contributed by atoms with Gasteiger partial charge < -0.3 is 19.8 Å². The lowest BCUT2D eigenvalue weighted by Crippen LogP contribution is -2.21. The molecule has 0 bridgehead atoms. The largest absolute Gasteiger partial charge is 0.550 e. The van der Waals surface area contributed by atoms with Gasteiger partial charge in [0.1, 0.15) is 0 Å². The van der Waals surface area contributed by atoms with Crippen LogP contribution in [0.1, 0.15) is 39.5 Å². The first-order chi connectivity index (χ1) is 5.50. The molecule has 0 saturated carbocycles. The van der Waals surface area contributed by atoms with Gasteiger partial charge in [0.25, 0.3) is 0 Å². The molecule has 0 fully saturated rings. The third-order valence-corrected chi connectivity index (χ3v) is 0.984. The van der Waals surface area contributed by atoms with Crippen molar-refractivity contribution < 1.29 is 19.8 Å². The first-order valence-electron chi connectivity index (χ1n) is 3.88. The topological polar surface area (TPSA) is 80.3 Å². The Hall–Kier alpha value is -1.06. The number of carbonyl (C=O) groups is 2. The maximum absolute atomic E-state index is 9.76. The van der Waals surface area contributed by atoms with Gasteiger partial charge in [0, 0.05) is 11.9 Å². The number of carboxylic acid groups (broad SMARTS) is 2. The van der Waals surface area contributed by atoms with Crippen LogP contribution < -0.4 is 10.2 Å². The highest BCUT2D eigenvalue weighted by Crippen LogP contribution is 1.96. The van der Waals surface area contributed by atoms with Crippen LogP contribution in [0.15, 0.2) is 0 Å². The molecule has 0 amide bonds. The summed E-state index contributed by atoms with van der Waals surface area (Å²) in [5.74, 6) is -2.02. The molecule has 4 heteroatoms. The standard InChI is InChI=1S/C6H12O2.C2H4O2/c1-2-3-4-5-6(7)8;1-2(3)4/h2-5H2,1H3,(H,7,8);1H3,(H,3,4)/p-2. The fourth-order valence-corrected chi connectivity index (χ4v) is 0.519. The lowest BCUT2D eigenvalue weighted by atomic mass is 10.2. The number of unbranched alkanes of at least 4 members (excludes halogenated alkanes) is 2. The number of rotatable bonds is 4. The van der Waals surface area contributed by atoms with Gasteiger partial charge >= 0.3 is 0 Å². The van der Waals surface area contributed by atoms with Crippen molar-refractivity contribution in [3.63, 3.8) is 0 Å². The Morgan fingerprint density at radius 3 is 1.83 bits per heavy atom. The molecule has 0 atom stereocenters. The Labute approximate surface area is 72.2 Å². The lowest BCUT2D eigenvalue weighted by Gasteiger charge is -1.97. The molecule has 0 aromatic rings. The molecular weight excluding hydrogens is 160 g/mol. The summed E-state index contributed by atoms with van der Waals surface area (Å²) < 4.78 is 0. The second-order valence-corrected chi connectivity index (χ2v) is 2.32. The van der Waals surface area contributed by atoms with Crippen molar-refractivity contribution in [2.75, 3.05) is 0 Å². The maximum atomic E-state index is 9.76. The Balaban J connectivity index is 0. The van der Waals surface area contributed by atoms with Crippen LogP contribution in [0.3, 0.4) is 0 Å². The molecule has 0 aliphatic carbocycles. The molecule has 0 aromatic heterocycles. The monoisotopic (exact) mass is 174 g/mol. The Bertz CT molecular complexity index is 127. The lowest BCUT2D eigenvalue weighted by molar-refractivity contribution is -0.306. The smallest absolute Gasteiger partial charge is 0.0414 e. The first-order valence-corrected chi connectivity index (χ1v) is 3.88. The van der Waals surface area contributed by atoms with Gasteiger partial charge in [0.05, 0.1) is 0 Å². The minimum atomic E-state index is -1.08. The second-order valence-electron chi connectivity index (χ2n) is 2.32. The zero-order valence-electron chi connectivity index (χ0n) is 7.46. The molecule has 0 rings (SSSR count). The van der Waals surface area contributed by atoms with E-state index < -0.39 is 11.9 Å². The highest BCUT2D eigenvalue weighted by Gasteiger charge is 1.84. The predicted molar refractivity (Wildman–Crippen MR) is 39.8 cm³/mol. The van der Waals surface area contributed by atoms with Gasteiger partial charge in [-0.05, 0) is 19.8 Å². The molecule has 12 heavy (non-hydrogen) atoms. The average Bonchev–Trinajstić information content (AvgIpc) is 1.86.